The zero-order chi connectivity index (χ0) is 21.9. The van der Waals surface area contributed by atoms with Crippen molar-refractivity contribution in [3.05, 3.63) is 66.0 Å². The average Bonchev–Trinajstić information content (AvgIpc) is 3.25. The van der Waals surface area contributed by atoms with E-state index in [2.05, 4.69) is 45.6 Å². The molecule has 5 rings (SSSR count). The molecule has 1 fully saturated rings. The number of aryl methyl sites for hydroxylation is 2. The van der Waals surface area contributed by atoms with Gasteiger partial charge in [0.1, 0.15) is 0 Å². The van der Waals surface area contributed by atoms with Gasteiger partial charge < -0.3 is 9.64 Å². The molecule has 2 aromatic carbocycles. The van der Waals surface area contributed by atoms with Crippen molar-refractivity contribution in [3.63, 3.8) is 0 Å². The number of hydrazone groups is 1. The smallest absolute Gasteiger partial charge is 0.228 e. The maximum Gasteiger partial charge on any atom is 0.228 e. The molecule has 0 spiro atoms. The minimum atomic E-state index is 0.667. The topological polar surface area (TPSA) is 80.5 Å². The zero-order valence-electron chi connectivity index (χ0n) is 18.2. The monoisotopic (exact) mass is 427 g/mol. The van der Waals surface area contributed by atoms with Crippen LogP contribution >= 0.6 is 0 Å². The highest BCUT2D eigenvalue weighted by atomic mass is 16.5. The van der Waals surface area contributed by atoms with Crippen molar-refractivity contribution in [2.24, 2.45) is 12.1 Å². The third-order valence-corrected chi connectivity index (χ3v) is 5.45. The Labute approximate surface area is 186 Å². The maximum absolute atomic E-state index is 5.51. The van der Waals surface area contributed by atoms with Crippen LogP contribution in [0.2, 0.25) is 0 Å². The van der Waals surface area contributed by atoms with Crippen molar-refractivity contribution in [1.29, 1.82) is 0 Å². The van der Waals surface area contributed by atoms with Crippen molar-refractivity contribution in [2.45, 2.75) is 6.92 Å². The SMILES string of the molecule is Cc1cccc(C=NNc2nc(N3CCOCC3)nc3c(-c4cnn(C)c4)cccc23)c1. The minimum absolute atomic E-state index is 0.667. The molecule has 0 atom stereocenters. The highest BCUT2D eigenvalue weighted by molar-refractivity contribution is 6.00. The Bertz CT molecular complexity index is 1270. The normalized spacial score (nSPS) is 14.4. The molecular weight excluding hydrogens is 402 g/mol. The molecule has 0 amide bonds. The van der Waals surface area contributed by atoms with Gasteiger partial charge in [0.25, 0.3) is 0 Å². The number of para-hydroxylation sites is 1. The Morgan fingerprint density at radius 1 is 1.09 bits per heavy atom. The van der Waals surface area contributed by atoms with E-state index in [0.717, 1.165) is 40.7 Å². The van der Waals surface area contributed by atoms with Crippen LogP contribution in [0.25, 0.3) is 22.0 Å². The van der Waals surface area contributed by atoms with E-state index in [9.17, 15) is 0 Å². The van der Waals surface area contributed by atoms with Gasteiger partial charge in [0, 0.05) is 42.8 Å². The van der Waals surface area contributed by atoms with Crippen LogP contribution in [0.3, 0.4) is 0 Å². The Kier molecular flexibility index (Phi) is 5.51. The summed E-state index contributed by atoms with van der Waals surface area (Å²) < 4.78 is 7.31. The fourth-order valence-electron chi connectivity index (χ4n) is 3.84. The van der Waals surface area contributed by atoms with Gasteiger partial charge in [-0.1, -0.05) is 42.0 Å². The molecule has 162 valence electrons. The number of nitrogens with zero attached hydrogens (tertiary/aromatic N) is 6. The predicted molar refractivity (Wildman–Crippen MR) is 127 cm³/mol. The van der Waals surface area contributed by atoms with Crippen molar-refractivity contribution < 1.29 is 4.74 Å². The summed E-state index contributed by atoms with van der Waals surface area (Å²) in [6.45, 7) is 4.91. The molecule has 32 heavy (non-hydrogen) atoms. The first-order valence-electron chi connectivity index (χ1n) is 10.7. The lowest BCUT2D eigenvalue weighted by Gasteiger charge is -2.27. The van der Waals surface area contributed by atoms with Gasteiger partial charge in [0.05, 0.1) is 31.1 Å². The van der Waals surface area contributed by atoms with Gasteiger partial charge in [0.2, 0.25) is 5.95 Å². The van der Waals surface area contributed by atoms with E-state index in [1.54, 1.807) is 10.9 Å². The van der Waals surface area contributed by atoms with Crippen LogP contribution in [0.15, 0.2) is 60.0 Å². The van der Waals surface area contributed by atoms with Gasteiger partial charge in [-0.05, 0) is 18.6 Å². The molecule has 1 aliphatic rings. The van der Waals surface area contributed by atoms with Gasteiger partial charge in [-0.3, -0.25) is 10.1 Å². The Morgan fingerprint density at radius 2 is 1.94 bits per heavy atom. The summed E-state index contributed by atoms with van der Waals surface area (Å²) in [6.07, 6.45) is 5.66. The quantitative estimate of drug-likeness (QED) is 0.387. The van der Waals surface area contributed by atoms with Gasteiger partial charge in [-0.15, -0.1) is 0 Å². The summed E-state index contributed by atoms with van der Waals surface area (Å²) in [5.41, 5.74) is 8.27. The highest BCUT2D eigenvalue weighted by Gasteiger charge is 2.18. The number of nitrogens with one attached hydrogen (secondary N) is 1. The summed E-state index contributed by atoms with van der Waals surface area (Å²) in [5.74, 6) is 1.34. The average molecular weight is 428 g/mol. The van der Waals surface area contributed by atoms with E-state index >= 15 is 0 Å². The summed E-state index contributed by atoms with van der Waals surface area (Å²) in [6, 6.07) is 14.3. The van der Waals surface area contributed by atoms with E-state index < -0.39 is 0 Å². The first-order chi connectivity index (χ1) is 15.7. The lowest BCUT2D eigenvalue weighted by atomic mass is 10.1. The summed E-state index contributed by atoms with van der Waals surface area (Å²) in [5, 5.41) is 9.71. The Morgan fingerprint density at radius 3 is 2.72 bits per heavy atom. The second kappa shape index (κ2) is 8.76. The van der Waals surface area contributed by atoms with Gasteiger partial charge in [0.15, 0.2) is 5.82 Å². The molecule has 0 bridgehead atoms. The third kappa shape index (κ3) is 4.17. The van der Waals surface area contributed by atoms with Crippen LogP contribution in [0.1, 0.15) is 11.1 Å². The number of rotatable bonds is 5. The van der Waals surface area contributed by atoms with Crippen molar-refractivity contribution in [2.75, 3.05) is 36.6 Å². The maximum atomic E-state index is 5.51. The van der Waals surface area contributed by atoms with E-state index in [0.29, 0.717) is 25.0 Å². The van der Waals surface area contributed by atoms with E-state index in [1.807, 2.05) is 43.7 Å². The molecule has 1 N–H and O–H groups in total. The molecule has 1 aliphatic heterocycles. The molecule has 8 heteroatoms. The summed E-state index contributed by atoms with van der Waals surface area (Å²) in [4.78, 5) is 11.9. The minimum Gasteiger partial charge on any atom is -0.378 e. The molecule has 2 aromatic heterocycles. The fourth-order valence-corrected chi connectivity index (χ4v) is 3.84. The predicted octanol–water partition coefficient (Wildman–Crippen LogP) is 3.62. The van der Waals surface area contributed by atoms with E-state index in [1.165, 1.54) is 5.56 Å². The van der Waals surface area contributed by atoms with Crippen molar-refractivity contribution in [1.82, 2.24) is 19.7 Å². The number of hydrogen-bond donors (Lipinski definition) is 1. The molecule has 0 unspecified atom stereocenters. The number of benzene rings is 2. The van der Waals surface area contributed by atoms with Crippen LogP contribution in [0.5, 0.6) is 0 Å². The third-order valence-electron chi connectivity index (χ3n) is 5.45. The highest BCUT2D eigenvalue weighted by Crippen LogP contribution is 2.32. The van der Waals surface area contributed by atoms with Crippen LogP contribution < -0.4 is 10.3 Å². The number of morpholine rings is 1. The van der Waals surface area contributed by atoms with Crippen LogP contribution in [0, 0.1) is 6.92 Å². The lowest BCUT2D eigenvalue weighted by molar-refractivity contribution is 0.122. The standard InChI is InChI=1S/C24H25N7O/c1-17-5-3-6-18(13-17)14-25-29-23-21-8-4-7-20(19-15-26-30(2)16-19)22(21)27-24(28-23)31-9-11-32-12-10-31/h3-8,13-16H,9-12H2,1-2H3,(H,27,28,29). The second-order valence-corrected chi connectivity index (χ2v) is 7.86. The molecule has 1 saturated heterocycles. The van der Waals surface area contributed by atoms with Crippen LogP contribution in [0.4, 0.5) is 11.8 Å². The number of aromatic nitrogens is 4. The molecule has 0 saturated carbocycles. The number of anilines is 2. The van der Waals surface area contributed by atoms with Crippen LogP contribution in [-0.2, 0) is 11.8 Å². The summed E-state index contributed by atoms with van der Waals surface area (Å²) in [7, 11) is 1.91. The molecule has 8 nitrogen and oxygen atoms in total. The first kappa shape index (κ1) is 20.1. The molecule has 0 aliphatic carbocycles. The molecular formula is C24H25N7O. The van der Waals surface area contributed by atoms with Crippen LogP contribution in [-0.4, -0.2) is 52.3 Å². The van der Waals surface area contributed by atoms with Gasteiger partial charge >= 0.3 is 0 Å². The first-order valence-corrected chi connectivity index (χ1v) is 10.7. The summed E-state index contributed by atoms with van der Waals surface area (Å²) >= 11 is 0. The molecule has 3 heterocycles. The number of ether oxygens (including phenoxy) is 1. The largest absolute Gasteiger partial charge is 0.378 e. The van der Waals surface area contributed by atoms with Gasteiger partial charge in [-0.25, -0.2) is 4.98 Å². The van der Waals surface area contributed by atoms with E-state index in [-0.39, 0.29) is 0 Å². The lowest BCUT2D eigenvalue weighted by Crippen LogP contribution is -2.37. The van der Waals surface area contributed by atoms with Gasteiger partial charge in [-0.2, -0.15) is 15.2 Å². The van der Waals surface area contributed by atoms with Crippen molar-refractivity contribution >= 4 is 28.9 Å². The second-order valence-electron chi connectivity index (χ2n) is 7.86. The number of fused-ring (bicyclic) bond motifs is 1. The van der Waals surface area contributed by atoms with E-state index in [4.69, 9.17) is 14.7 Å². The van der Waals surface area contributed by atoms with Crippen molar-refractivity contribution in [3.8, 4) is 11.1 Å². The zero-order valence-corrected chi connectivity index (χ0v) is 18.2. The molecule has 0 radical (unpaired) electrons. The number of hydrogen-bond acceptors (Lipinski definition) is 7. The Hall–Kier alpha value is -3.78. The Balaban J connectivity index is 1.58. The fraction of sp³-hybridized carbons (Fsp3) is 0.250. The molecule has 4 aromatic rings.